The second kappa shape index (κ2) is 16.4. The first-order chi connectivity index (χ1) is 33.8. The van der Waals surface area contributed by atoms with Gasteiger partial charge in [0.15, 0.2) is 0 Å². The van der Waals surface area contributed by atoms with Crippen LogP contribution in [0.4, 0.5) is 51.3 Å². The van der Waals surface area contributed by atoms with Gasteiger partial charge in [0.1, 0.15) is 5.82 Å². The molecule has 0 N–H and O–H groups in total. The van der Waals surface area contributed by atoms with E-state index in [2.05, 4.69) is 286 Å². The highest BCUT2D eigenvalue weighted by Gasteiger charge is 2.39. The van der Waals surface area contributed by atoms with E-state index in [1.54, 1.807) is 0 Å². The van der Waals surface area contributed by atoms with Crippen molar-refractivity contribution in [1.29, 1.82) is 0 Å². The van der Waals surface area contributed by atoms with Crippen LogP contribution in [0.15, 0.2) is 267 Å². The molecule has 4 heteroatoms. The van der Waals surface area contributed by atoms with Crippen LogP contribution in [0.25, 0.3) is 60.4 Å². The Balaban J connectivity index is 1.08. The third-order valence-electron chi connectivity index (χ3n) is 13.5. The van der Waals surface area contributed by atoms with Crippen molar-refractivity contribution in [2.45, 2.75) is 0 Å². The van der Waals surface area contributed by atoms with E-state index >= 15 is 0 Å². The van der Waals surface area contributed by atoms with Crippen molar-refractivity contribution >= 4 is 83.8 Å². The minimum absolute atomic E-state index is 1.05. The standard InChI is InChI=1S/C64H44N4/c1-4-23-49(24-5-1)66-59-34-15-14-31-58(59)62-64(66)67(50-25-6-2-7-26-50)61-36-18-35-60(63(61)68(62)51-27-8-3-9-28-51)65(52-41-37-47(38-42-52)56-32-16-21-45-19-10-12-29-54(45)56)53-43-39-48(40-44-53)57-33-17-22-46-20-11-13-30-55(46)57/h1-44H. The van der Waals surface area contributed by atoms with Gasteiger partial charge in [0, 0.05) is 33.8 Å². The SMILES string of the molecule is c1ccc(N2c3c(N(c4ccc(-c5cccc6ccccc56)cc4)c4ccc(-c5cccc6ccccc56)cc4)cccc3N(c3ccccc3)c3c2c2ccccc2n3-c2ccccc2)cc1. The van der Waals surface area contributed by atoms with E-state index in [0.717, 1.165) is 67.9 Å². The van der Waals surface area contributed by atoms with Gasteiger partial charge in [0.25, 0.3) is 0 Å². The zero-order valence-corrected chi connectivity index (χ0v) is 37.2. The van der Waals surface area contributed by atoms with Gasteiger partial charge in [-0.15, -0.1) is 0 Å². The number of rotatable bonds is 8. The third kappa shape index (κ3) is 6.45. The molecule has 0 amide bonds. The van der Waals surface area contributed by atoms with Crippen LogP contribution in [-0.4, -0.2) is 4.57 Å². The van der Waals surface area contributed by atoms with Gasteiger partial charge in [0.2, 0.25) is 0 Å². The quantitative estimate of drug-likeness (QED) is 0.151. The van der Waals surface area contributed by atoms with E-state index in [1.165, 1.54) is 43.8 Å². The Kier molecular flexibility index (Phi) is 9.47. The highest BCUT2D eigenvalue weighted by atomic mass is 15.4. The number of nitrogens with zero attached hydrogens (tertiary/aromatic N) is 4. The highest BCUT2D eigenvalue weighted by molar-refractivity contribution is 6.16. The summed E-state index contributed by atoms with van der Waals surface area (Å²) in [5, 5.41) is 6.10. The Morgan fingerprint density at radius 3 is 1.29 bits per heavy atom. The Bertz CT molecular complexity index is 3650. The topological polar surface area (TPSA) is 14.7 Å². The highest BCUT2D eigenvalue weighted by Crippen LogP contribution is 2.61. The maximum absolute atomic E-state index is 2.50. The monoisotopic (exact) mass is 868 g/mol. The van der Waals surface area contributed by atoms with Crippen molar-refractivity contribution in [3.05, 3.63) is 267 Å². The van der Waals surface area contributed by atoms with Crippen LogP contribution in [0.2, 0.25) is 0 Å². The van der Waals surface area contributed by atoms with Gasteiger partial charge in [0.05, 0.1) is 28.3 Å². The molecule has 1 aliphatic heterocycles. The molecule has 13 rings (SSSR count). The van der Waals surface area contributed by atoms with E-state index in [-0.39, 0.29) is 0 Å². The normalized spacial score (nSPS) is 12.1. The molecule has 0 saturated heterocycles. The van der Waals surface area contributed by atoms with Gasteiger partial charge >= 0.3 is 0 Å². The van der Waals surface area contributed by atoms with Crippen molar-refractivity contribution < 1.29 is 0 Å². The van der Waals surface area contributed by atoms with Crippen LogP contribution in [0.3, 0.4) is 0 Å². The fourth-order valence-electron chi connectivity index (χ4n) is 10.4. The number of hydrogen-bond donors (Lipinski definition) is 0. The number of aromatic nitrogens is 1. The van der Waals surface area contributed by atoms with Crippen LogP contribution >= 0.6 is 0 Å². The van der Waals surface area contributed by atoms with Crippen molar-refractivity contribution in [3.8, 4) is 27.9 Å². The van der Waals surface area contributed by atoms with Crippen molar-refractivity contribution in [3.63, 3.8) is 0 Å². The Labute approximate surface area is 396 Å². The van der Waals surface area contributed by atoms with Crippen LogP contribution in [0, 0.1) is 0 Å². The third-order valence-corrected chi connectivity index (χ3v) is 13.5. The molecule has 0 saturated carbocycles. The molecule has 0 fully saturated rings. The Morgan fingerprint density at radius 1 is 0.294 bits per heavy atom. The van der Waals surface area contributed by atoms with E-state index in [9.17, 15) is 0 Å². The molecule has 12 aromatic rings. The minimum atomic E-state index is 1.05. The molecule has 1 aromatic heterocycles. The van der Waals surface area contributed by atoms with Crippen LogP contribution < -0.4 is 14.7 Å². The van der Waals surface area contributed by atoms with Gasteiger partial charge < -0.3 is 9.80 Å². The summed E-state index contributed by atoms with van der Waals surface area (Å²) in [6.07, 6.45) is 0. The van der Waals surface area contributed by atoms with Gasteiger partial charge in [-0.2, -0.15) is 0 Å². The summed E-state index contributed by atoms with van der Waals surface area (Å²) < 4.78 is 2.43. The number of hydrogen-bond acceptors (Lipinski definition) is 3. The first-order valence-electron chi connectivity index (χ1n) is 23.3. The lowest BCUT2D eigenvalue weighted by Gasteiger charge is -2.42. The van der Waals surface area contributed by atoms with Crippen LogP contribution in [0.5, 0.6) is 0 Å². The molecule has 0 aliphatic carbocycles. The number of fused-ring (bicyclic) bond motifs is 6. The van der Waals surface area contributed by atoms with Crippen molar-refractivity contribution in [2.24, 2.45) is 0 Å². The Morgan fingerprint density at radius 2 is 0.735 bits per heavy atom. The number of para-hydroxylation sites is 5. The molecule has 0 bridgehead atoms. The predicted molar refractivity (Wildman–Crippen MR) is 287 cm³/mol. The second-order valence-electron chi connectivity index (χ2n) is 17.3. The lowest BCUT2D eigenvalue weighted by atomic mass is 9.97. The molecular formula is C64H44N4. The summed E-state index contributed by atoms with van der Waals surface area (Å²) in [5.41, 5.74) is 15.5. The fraction of sp³-hybridized carbons (Fsp3) is 0. The average Bonchev–Trinajstić information content (AvgIpc) is 3.75. The summed E-state index contributed by atoms with van der Waals surface area (Å²) in [5.74, 6) is 1.07. The Hall–Kier alpha value is -9.12. The van der Waals surface area contributed by atoms with E-state index in [1.807, 2.05) is 0 Å². The fourth-order valence-corrected chi connectivity index (χ4v) is 10.4. The van der Waals surface area contributed by atoms with Gasteiger partial charge in [-0.05, 0) is 123 Å². The average molecular weight is 869 g/mol. The molecule has 0 spiro atoms. The molecule has 11 aromatic carbocycles. The summed E-state index contributed by atoms with van der Waals surface area (Å²) in [6, 6.07) is 96.8. The molecule has 4 nitrogen and oxygen atoms in total. The largest absolute Gasteiger partial charge is 0.308 e. The molecule has 0 radical (unpaired) electrons. The van der Waals surface area contributed by atoms with E-state index in [0.29, 0.717) is 0 Å². The minimum Gasteiger partial charge on any atom is -0.308 e. The van der Waals surface area contributed by atoms with Gasteiger partial charge in [-0.3, -0.25) is 9.47 Å². The zero-order valence-electron chi connectivity index (χ0n) is 37.2. The lowest BCUT2D eigenvalue weighted by Crippen LogP contribution is -2.27. The number of benzene rings is 11. The maximum Gasteiger partial charge on any atom is 0.148 e. The van der Waals surface area contributed by atoms with E-state index < -0.39 is 0 Å². The zero-order chi connectivity index (χ0) is 45.0. The van der Waals surface area contributed by atoms with Crippen molar-refractivity contribution in [1.82, 2.24) is 4.57 Å². The van der Waals surface area contributed by atoms with Crippen LogP contribution in [-0.2, 0) is 0 Å². The summed E-state index contributed by atoms with van der Waals surface area (Å²) >= 11 is 0. The first kappa shape index (κ1) is 39.3. The molecule has 0 atom stereocenters. The molecule has 320 valence electrons. The summed E-state index contributed by atoms with van der Waals surface area (Å²) in [4.78, 5) is 7.41. The molecule has 0 unspecified atom stereocenters. The van der Waals surface area contributed by atoms with Crippen LogP contribution in [0.1, 0.15) is 0 Å². The maximum atomic E-state index is 2.50. The molecule has 1 aliphatic rings. The molecular weight excluding hydrogens is 825 g/mol. The summed E-state index contributed by atoms with van der Waals surface area (Å²) in [7, 11) is 0. The van der Waals surface area contributed by atoms with E-state index in [4.69, 9.17) is 0 Å². The first-order valence-corrected chi connectivity index (χ1v) is 23.3. The van der Waals surface area contributed by atoms with Crippen molar-refractivity contribution in [2.75, 3.05) is 14.7 Å². The summed E-state index contributed by atoms with van der Waals surface area (Å²) in [6.45, 7) is 0. The molecule has 2 heterocycles. The molecule has 68 heavy (non-hydrogen) atoms. The van der Waals surface area contributed by atoms with Gasteiger partial charge in [-0.25, -0.2) is 0 Å². The predicted octanol–water partition coefficient (Wildman–Crippen LogP) is 18.0. The lowest BCUT2D eigenvalue weighted by molar-refractivity contribution is 1.05. The smallest absolute Gasteiger partial charge is 0.148 e. The second-order valence-corrected chi connectivity index (χ2v) is 17.3. The van der Waals surface area contributed by atoms with Gasteiger partial charge in [-0.1, -0.05) is 188 Å². The number of anilines is 9.